The number of nitrogens with zero attached hydrogens (tertiary/aromatic N) is 2. The maximum atomic E-state index is 13.7. The Morgan fingerprint density at radius 1 is 1.10 bits per heavy atom. The van der Waals surface area contributed by atoms with Gasteiger partial charge in [-0.25, -0.2) is 4.39 Å². The van der Waals surface area contributed by atoms with Gasteiger partial charge in [0, 0.05) is 33.1 Å². The van der Waals surface area contributed by atoms with Crippen LogP contribution in [0.1, 0.15) is 31.2 Å². The molecule has 0 N–H and O–H groups in total. The van der Waals surface area contributed by atoms with Crippen LogP contribution in [0.3, 0.4) is 0 Å². The topological polar surface area (TPSA) is 40.6 Å². The fourth-order valence-corrected chi connectivity index (χ4v) is 4.70. The van der Waals surface area contributed by atoms with Gasteiger partial charge in [-0.05, 0) is 60.9 Å². The van der Waals surface area contributed by atoms with Crippen LogP contribution in [0.15, 0.2) is 48.5 Å². The number of amides is 2. The highest BCUT2D eigenvalue weighted by molar-refractivity contribution is 5.86. The molecule has 4 rings (SSSR count). The van der Waals surface area contributed by atoms with Crippen molar-refractivity contribution in [3.8, 4) is 11.1 Å². The smallest absolute Gasteiger partial charge is 0.230 e. The molecule has 0 spiro atoms. The van der Waals surface area contributed by atoms with Crippen LogP contribution in [0.4, 0.5) is 4.39 Å². The van der Waals surface area contributed by atoms with Crippen LogP contribution in [-0.2, 0) is 16.0 Å². The molecule has 1 aliphatic heterocycles. The van der Waals surface area contributed by atoms with Crippen LogP contribution in [0.25, 0.3) is 11.1 Å². The standard InChI is InChI=1S/C25H29FN2O2/c1-27(2)24(30)25(12-5-13-28(17-25)23(29)19-10-11-19)16-18-6-3-7-20(14-18)21-8-4-9-22(26)15-21/h3-4,6-9,14-15,19H,5,10-13,16-17H2,1-2H3. The summed E-state index contributed by atoms with van der Waals surface area (Å²) in [7, 11) is 3.57. The molecule has 4 nitrogen and oxygen atoms in total. The molecule has 2 fully saturated rings. The molecule has 1 atom stereocenters. The van der Waals surface area contributed by atoms with E-state index in [0.717, 1.165) is 48.9 Å². The fraction of sp³-hybridized carbons (Fsp3) is 0.440. The van der Waals surface area contributed by atoms with Crippen molar-refractivity contribution in [2.24, 2.45) is 11.3 Å². The second kappa shape index (κ2) is 8.21. The number of rotatable bonds is 5. The number of carbonyl (C=O) groups is 2. The fourth-order valence-electron chi connectivity index (χ4n) is 4.70. The second-order valence-corrected chi connectivity index (χ2v) is 9.01. The van der Waals surface area contributed by atoms with Crippen molar-refractivity contribution in [3.05, 3.63) is 59.9 Å². The molecule has 0 bridgehead atoms. The SMILES string of the molecule is CN(C)C(=O)C1(Cc2cccc(-c3cccc(F)c3)c2)CCCN(C(=O)C2CC2)C1. The van der Waals surface area contributed by atoms with E-state index < -0.39 is 5.41 Å². The summed E-state index contributed by atoms with van der Waals surface area (Å²) in [4.78, 5) is 29.6. The minimum Gasteiger partial charge on any atom is -0.348 e. The van der Waals surface area contributed by atoms with Crippen molar-refractivity contribution in [2.45, 2.75) is 32.1 Å². The predicted octanol–water partition coefficient (Wildman–Crippen LogP) is 4.14. The molecule has 158 valence electrons. The normalized spacial score (nSPS) is 21.4. The summed E-state index contributed by atoms with van der Waals surface area (Å²) >= 11 is 0. The molecule has 2 amide bonds. The number of halogens is 1. The Morgan fingerprint density at radius 3 is 2.47 bits per heavy atom. The van der Waals surface area contributed by atoms with Gasteiger partial charge < -0.3 is 9.80 Å². The molecular formula is C25H29FN2O2. The van der Waals surface area contributed by atoms with Gasteiger partial charge in [-0.15, -0.1) is 0 Å². The third kappa shape index (κ3) is 4.25. The average molecular weight is 409 g/mol. The van der Waals surface area contributed by atoms with Gasteiger partial charge in [0.1, 0.15) is 5.82 Å². The number of benzene rings is 2. The van der Waals surface area contributed by atoms with Gasteiger partial charge in [-0.1, -0.05) is 36.4 Å². The minimum absolute atomic E-state index is 0.0759. The Kier molecular flexibility index (Phi) is 5.63. The van der Waals surface area contributed by atoms with E-state index in [9.17, 15) is 14.0 Å². The molecule has 1 unspecified atom stereocenters. The summed E-state index contributed by atoms with van der Waals surface area (Å²) in [6, 6.07) is 14.5. The van der Waals surface area contributed by atoms with Crippen molar-refractivity contribution in [1.82, 2.24) is 9.80 Å². The monoisotopic (exact) mass is 408 g/mol. The molecule has 2 aliphatic rings. The summed E-state index contributed by atoms with van der Waals surface area (Å²) in [5.74, 6) is 0.177. The number of carbonyl (C=O) groups excluding carboxylic acids is 2. The summed E-state index contributed by atoms with van der Waals surface area (Å²) in [5, 5.41) is 0. The third-order valence-electron chi connectivity index (χ3n) is 6.30. The van der Waals surface area contributed by atoms with Crippen LogP contribution in [-0.4, -0.2) is 48.8 Å². The molecule has 2 aromatic rings. The van der Waals surface area contributed by atoms with Crippen LogP contribution in [0.5, 0.6) is 0 Å². The van der Waals surface area contributed by atoms with Crippen molar-refractivity contribution in [2.75, 3.05) is 27.2 Å². The lowest BCUT2D eigenvalue weighted by Crippen LogP contribution is -2.54. The molecule has 0 radical (unpaired) electrons. The predicted molar refractivity (Wildman–Crippen MR) is 115 cm³/mol. The number of hydrogen-bond donors (Lipinski definition) is 0. The van der Waals surface area contributed by atoms with E-state index >= 15 is 0 Å². The quantitative estimate of drug-likeness (QED) is 0.746. The van der Waals surface area contributed by atoms with Crippen molar-refractivity contribution >= 4 is 11.8 Å². The molecule has 30 heavy (non-hydrogen) atoms. The third-order valence-corrected chi connectivity index (χ3v) is 6.30. The average Bonchev–Trinajstić information content (AvgIpc) is 3.58. The molecule has 2 aromatic carbocycles. The van der Waals surface area contributed by atoms with E-state index in [1.807, 2.05) is 35.2 Å². The Morgan fingerprint density at radius 2 is 1.80 bits per heavy atom. The van der Waals surface area contributed by atoms with Crippen LogP contribution < -0.4 is 0 Å². The first-order chi connectivity index (χ1) is 14.4. The molecule has 1 saturated carbocycles. The van der Waals surface area contributed by atoms with Gasteiger partial charge in [0.2, 0.25) is 11.8 Å². The van der Waals surface area contributed by atoms with E-state index in [1.54, 1.807) is 25.1 Å². The van der Waals surface area contributed by atoms with Gasteiger partial charge in [0.05, 0.1) is 5.41 Å². The van der Waals surface area contributed by atoms with Crippen molar-refractivity contribution in [1.29, 1.82) is 0 Å². The van der Waals surface area contributed by atoms with Gasteiger partial charge in [0.25, 0.3) is 0 Å². The zero-order valence-corrected chi connectivity index (χ0v) is 17.7. The zero-order valence-electron chi connectivity index (χ0n) is 17.7. The van der Waals surface area contributed by atoms with Gasteiger partial charge in [-0.2, -0.15) is 0 Å². The molecule has 1 aliphatic carbocycles. The molecule has 1 heterocycles. The molecule has 0 aromatic heterocycles. The summed E-state index contributed by atoms with van der Waals surface area (Å²) in [5.41, 5.74) is 2.17. The van der Waals surface area contributed by atoms with Gasteiger partial charge in [0.15, 0.2) is 0 Å². The van der Waals surface area contributed by atoms with E-state index in [4.69, 9.17) is 0 Å². The first kappa shape index (κ1) is 20.6. The van der Waals surface area contributed by atoms with Crippen LogP contribution in [0, 0.1) is 17.2 Å². The maximum absolute atomic E-state index is 13.7. The van der Waals surface area contributed by atoms with Gasteiger partial charge >= 0.3 is 0 Å². The number of hydrogen-bond acceptors (Lipinski definition) is 2. The number of piperidine rings is 1. The molecule has 1 saturated heterocycles. The Balaban J connectivity index is 1.63. The lowest BCUT2D eigenvalue weighted by Gasteiger charge is -2.43. The Hall–Kier alpha value is -2.69. The lowest BCUT2D eigenvalue weighted by atomic mass is 9.73. The minimum atomic E-state index is -0.618. The van der Waals surface area contributed by atoms with Gasteiger partial charge in [-0.3, -0.25) is 9.59 Å². The van der Waals surface area contributed by atoms with Crippen LogP contribution in [0.2, 0.25) is 0 Å². The van der Waals surface area contributed by atoms with Crippen molar-refractivity contribution < 1.29 is 14.0 Å². The van der Waals surface area contributed by atoms with E-state index in [1.165, 1.54) is 12.1 Å². The first-order valence-electron chi connectivity index (χ1n) is 10.7. The Labute approximate surface area is 177 Å². The summed E-state index contributed by atoms with van der Waals surface area (Å²) < 4.78 is 13.7. The summed E-state index contributed by atoms with van der Waals surface area (Å²) in [6.45, 7) is 1.21. The molecule has 5 heteroatoms. The lowest BCUT2D eigenvalue weighted by molar-refractivity contribution is -0.147. The highest BCUT2D eigenvalue weighted by Gasteiger charge is 2.46. The van der Waals surface area contributed by atoms with Crippen LogP contribution >= 0.6 is 0 Å². The maximum Gasteiger partial charge on any atom is 0.230 e. The summed E-state index contributed by atoms with van der Waals surface area (Å²) in [6.07, 6.45) is 4.12. The Bertz CT molecular complexity index is 954. The van der Waals surface area contributed by atoms with E-state index in [-0.39, 0.29) is 23.5 Å². The van der Waals surface area contributed by atoms with Crippen molar-refractivity contribution in [3.63, 3.8) is 0 Å². The van der Waals surface area contributed by atoms with E-state index in [0.29, 0.717) is 13.0 Å². The highest BCUT2D eigenvalue weighted by atomic mass is 19.1. The number of likely N-dealkylation sites (tertiary alicyclic amines) is 1. The van der Waals surface area contributed by atoms with E-state index in [2.05, 4.69) is 0 Å². The second-order valence-electron chi connectivity index (χ2n) is 9.01. The molecular weight excluding hydrogens is 379 g/mol. The highest BCUT2D eigenvalue weighted by Crippen LogP contribution is 2.39. The first-order valence-corrected chi connectivity index (χ1v) is 10.7. The zero-order chi connectivity index (χ0) is 21.3. The largest absolute Gasteiger partial charge is 0.348 e.